The number of Topliss-reactive ketones (excluding diaryl/α,β-unsaturated/α-hetero) is 1. The molecule has 0 bridgehead atoms. The van der Waals surface area contributed by atoms with E-state index in [1.807, 2.05) is 12.2 Å². The summed E-state index contributed by atoms with van der Waals surface area (Å²) in [6.45, 7) is 1.05. The molecule has 1 rings (SSSR count). The van der Waals surface area contributed by atoms with Crippen molar-refractivity contribution < 1.29 is 53.9 Å². The number of carbonyl (C=O) groups is 2. The summed E-state index contributed by atoms with van der Waals surface area (Å²) < 4.78 is 25.7. The Morgan fingerprint density at radius 3 is 2.70 bits per heavy atom. The Morgan fingerprint density at radius 1 is 1.27 bits per heavy atom. The van der Waals surface area contributed by atoms with Gasteiger partial charge in [-0.05, 0) is 25.7 Å². The first-order valence-corrected chi connectivity index (χ1v) is 14.5. The van der Waals surface area contributed by atoms with Gasteiger partial charge in [-0.25, -0.2) is 0 Å². The first-order chi connectivity index (χ1) is 17.6. The number of hydrogen-bond acceptors (Lipinski definition) is 10. The number of phosphoric ester groups is 1. The number of hydrogen-bond donors (Lipinski definition) is 4. The maximum atomic E-state index is 12.3. The van der Waals surface area contributed by atoms with Gasteiger partial charge in [0, 0.05) is 24.7 Å². The Kier molecular flexibility index (Phi) is 17.0. The van der Waals surface area contributed by atoms with Crippen molar-refractivity contribution >= 4 is 19.6 Å². The fourth-order valence-electron chi connectivity index (χ4n) is 3.97. The normalized spacial score (nSPS) is 23.5. The van der Waals surface area contributed by atoms with Crippen molar-refractivity contribution in [3.63, 3.8) is 0 Å². The molecule has 0 heterocycles. The maximum Gasteiger partial charge on any atom is 0.306 e. The Morgan fingerprint density at radius 2 is 2.03 bits per heavy atom. The van der Waals surface area contributed by atoms with Crippen molar-refractivity contribution in [3.05, 3.63) is 24.3 Å². The maximum absolute atomic E-state index is 12.3. The second-order valence-electron chi connectivity index (χ2n) is 9.19. The fourth-order valence-corrected chi connectivity index (χ4v) is 4.74. The molecule has 0 aromatic carbocycles. The summed E-state index contributed by atoms with van der Waals surface area (Å²) in [5, 5.41) is 29.7. The van der Waals surface area contributed by atoms with Crippen LogP contribution in [0.2, 0.25) is 0 Å². The van der Waals surface area contributed by atoms with Crippen molar-refractivity contribution in [3.8, 4) is 0 Å². The lowest BCUT2D eigenvalue weighted by Crippen LogP contribution is -2.52. The number of unbranched alkanes of at least 4 members (excludes halogenated alkanes) is 3. The lowest BCUT2D eigenvalue weighted by molar-refractivity contribution is -0.373. The molecule has 0 amide bonds. The van der Waals surface area contributed by atoms with Crippen molar-refractivity contribution in [2.45, 2.75) is 83.0 Å². The van der Waals surface area contributed by atoms with Crippen LogP contribution in [-0.2, 0) is 27.9 Å². The zero-order valence-corrected chi connectivity index (χ0v) is 22.6. The van der Waals surface area contributed by atoms with Gasteiger partial charge in [-0.15, -0.1) is 0 Å². The average molecular weight is 550 g/mol. The summed E-state index contributed by atoms with van der Waals surface area (Å²) in [6, 6.07) is 0. The minimum Gasteiger partial charge on any atom is -0.756 e. The standard InChI is InChI=1S/C25H44NO10P/c1-2-3-6-9-19(28)12-13-22-21(23(29)16-24(22)30)10-7-4-5-8-11-25(31)36-20(17-27)18-35-37(32,33)34-15-14-26/h4,7,12-13,19-22,24,27-28,30H,2-3,5-6,8-11,14-18,26H2,1H3,(H,32,33)/b7-4-,13-12+/t19-,20+,21+,22+,24+/m0/s1. The second kappa shape index (κ2) is 18.8. The van der Waals surface area contributed by atoms with Gasteiger partial charge in [0.1, 0.15) is 18.5 Å². The van der Waals surface area contributed by atoms with E-state index in [4.69, 9.17) is 4.74 Å². The van der Waals surface area contributed by atoms with Gasteiger partial charge in [0.15, 0.2) is 0 Å². The van der Waals surface area contributed by atoms with Crippen LogP contribution in [-0.4, -0.2) is 71.7 Å². The number of rotatable bonds is 20. The van der Waals surface area contributed by atoms with Crippen molar-refractivity contribution in [2.75, 3.05) is 26.4 Å². The third-order valence-corrected chi connectivity index (χ3v) is 6.98. The Hall–Kier alpha value is -1.43. The monoisotopic (exact) mass is 549 g/mol. The predicted octanol–water partition coefficient (Wildman–Crippen LogP) is 0.814. The molecule has 0 aromatic heterocycles. The summed E-state index contributed by atoms with van der Waals surface area (Å²) in [4.78, 5) is 35.8. The van der Waals surface area contributed by atoms with E-state index in [-0.39, 0.29) is 43.6 Å². The van der Waals surface area contributed by atoms with Crippen LogP contribution in [0.4, 0.5) is 0 Å². The van der Waals surface area contributed by atoms with E-state index in [1.54, 1.807) is 12.2 Å². The number of aliphatic hydroxyl groups excluding tert-OH is 3. The van der Waals surface area contributed by atoms with Crippen LogP contribution >= 0.6 is 7.82 Å². The number of ether oxygens (including phenoxy) is 1. The van der Waals surface area contributed by atoms with E-state index in [9.17, 15) is 34.4 Å². The van der Waals surface area contributed by atoms with Gasteiger partial charge in [-0.3, -0.25) is 14.2 Å². The van der Waals surface area contributed by atoms with Crippen LogP contribution < -0.4 is 10.6 Å². The van der Waals surface area contributed by atoms with E-state index < -0.39 is 45.3 Å². The summed E-state index contributed by atoms with van der Waals surface area (Å²) >= 11 is 0. The number of esters is 1. The number of quaternary nitrogens is 1. The van der Waals surface area contributed by atoms with Gasteiger partial charge in [0.25, 0.3) is 7.82 Å². The summed E-state index contributed by atoms with van der Waals surface area (Å²) in [7, 11) is -4.55. The predicted molar refractivity (Wildman–Crippen MR) is 134 cm³/mol. The summed E-state index contributed by atoms with van der Waals surface area (Å²) in [5.41, 5.74) is 3.45. The van der Waals surface area contributed by atoms with Gasteiger partial charge >= 0.3 is 5.97 Å². The quantitative estimate of drug-likeness (QED) is 0.0732. The van der Waals surface area contributed by atoms with Gasteiger partial charge in [0.05, 0.1) is 32.0 Å². The Balaban J connectivity index is 2.38. The zero-order chi connectivity index (χ0) is 27.7. The highest BCUT2D eigenvalue weighted by molar-refractivity contribution is 7.45. The van der Waals surface area contributed by atoms with E-state index in [0.717, 1.165) is 19.3 Å². The highest BCUT2D eigenvalue weighted by Crippen LogP contribution is 2.38. The molecule has 0 radical (unpaired) electrons. The molecule has 37 heavy (non-hydrogen) atoms. The molecule has 6 atom stereocenters. The molecule has 0 aromatic rings. The van der Waals surface area contributed by atoms with Crippen LogP contribution in [0.5, 0.6) is 0 Å². The molecule has 6 N–H and O–H groups in total. The van der Waals surface area contributed by atoms with Crippen LogP contribution in [0.3, 0.4) is 0 Å². The molecule has 0 spiro atoms. The second-order valence-corrected chi connectivity index (χ2v) is 10.6. The fraction of sp³-hybridized carbons (Fsp3) is 0.760. The molecular weight excluding hydrogens is 505 g/mol. The molecule has 1 fully saturated rings. The van der Waals surface area contributed by atoms with Gasteiger partial charge in [-0.1, -0.05) is 50.5 Å². The van der Waals surface area contributed by atoms with Crippen molar-refractivity contribution in [1.82, 2.24) is 0 Å². The molecule has 0 saturated heterocycles. The molecule has 1 unspecified atom stereocenters. The Bertz CT molecular complexity index is 775. The Labute approximate surface area is 219 Å². The minimum absolute atomic E-state index is 0.00694. The summed E-state index contributed by atoms with van der Waals surface area (Å²) in [5.74, 6) is -1.30. The van der Waals surface area contributed by atoms with Crippen LogP contribution in [0.25, 0.3) is 0 Å². The van der Waals surface area contributed by atoms with Crippen LogP contribution in [0.1, 0.15) is 64.7 Å². The molecule has 214 valence electrons. The van der Waals surface area contributed by atoms with Crippen molar-refractivity contribution in [1.29, 1.82) is 0 Å². The highest BCUT2D eigenvalue weighted by Gasteiger charge is 2.39. The number of ketones is 1. The van der Waals surface area contributed by atoms with E-state index in [0.29, 0.717) is 25.7 Å². The largest absolute Gasteiger partial charge is 0.756 e. The SMILES string of the molecule is CCCCC[C@H](O)/C=C/[C@H]1[C@H](O)CC(=O)[C@@H]1C/C=C\CCCC(=O)O[C@H](CO)COP(=O)([O-])OCC[NH3+]. The third-order valence-electron chi connectivity index (χ3n) is 6.01. The zero-order valence-electron chi connectivity index (χ0n) is 21.7. The van der Waals surface area contributed by atoms with E-state index in [1.165, 1.54) is 0 Å². The first-order valence-electron chi connectivity index (χ1n) is 13.0. The number of phosphoric acid groups is 1. The van der Waals surface area contributed by atoms with Crippen molar-refractivity contribution in [2.24, 2.45) is 11.8 Å². The first kappa shape index (κ1) is 33.6. The highest BCUT2D eigenvalue weighted by atomic mass is 31.2. The number of allylic oxidation sites excluding steroid dienone is 2. The lowest BCUT2D eigenvalue weighted by atomic mass is 9.90. The van der Waals surface area contributed by atoms with Gasteiger partial charge in [-0.2, -0.15) is 0 Å². The van der Waals surface area contributed by atoms with E-state index >= 15 is 0 Å². The minimum atomic E-state index is -4.55. The topological polar surface area (TPSA) is 190 Å². The number of aliphatic hydroxyl groups is 3. The molecular formula is C25H44NO10P. The molecule has 1 saturated carbocycles. The molecule has 11 nitrogen and oxygen atoms in total. The third kappa shape index (κ3) is 14.3. The molecule has 0 aliphatic heterocycles. The van der Waals surface area contributed by atoms with Crippen LogP contribution in [0, 0.1) is 11.8 Å². The van der Waals surface area contributed by atoms with Crippen LogP contribution in [0.15, 0.2) is 24.3 Å². The number of carbonyl (C=O) groups excluding carboxylic acids is 2. The van der Waals surface area contributed by atoms with E-state index in [2.05, 4.69) is 21.7 Å². The molecule has 12 heteroatoms. The lowest BCUT2D eigenvalue weighted by Gasteiger charge is -2.24. The summed E-state index contributed by atoms with van der Waals surface area (Å²) in [6.07, 6.45) is 9.99. The van der Waals surface area contributed by atoms with Gasteiger partial charge in [0.2, 0.25) is 0 Å². The molecule has 1 aliphatic carbocycles. The smallest absolute Gasteiger partial charge is 0.306 e. The van der Waals surface area contributed by atoms with Gasteiger partial charge < -0.3 is 39.7 Å². The molecule has 1 aliphatic rings. The average Bonchev–Trinajstić information content (AvgIpc) is 3.13.